The van der Waals surface area contributed by atoms with Crippen molar-refractivity contribution in [1.29, 1.82) is 0 Å². The Morgan fingerprint density at radius 2 is 0.843 bits per heavy atom. The lowest BCUT2D eigenvalue weighted by Gasteiger charge is -2.46. The normalized spacial score (nSPS) is 13.5. The molecule has 0 atom stereocenters. The van der Waals surface area contributed by atoms with Crippen LogP contribution in [0.5, 0.6) is 0 Å². The van der Waals surface area contributed by atoms with Gasteiger partial charge in [-0.25, -0.2) is 0 Å². The van der Waals surface area contributed by atoms with Crippen LogP contribution in [-0.2, 0) is 21.7 Å². The number of nitrogens with zero attached hydrogens (tertiary/aromatic N) is 2. The molecular weight excluding hydrogens is 864 g/mol. The molecule has 1 aromatic heterocycles. The highest BCUT2D eigenvalue weighted by molar-refractivity contribution is 7.25. The fraction of sp³-hybridized carbons (Fsp3) is 0.273. The first-order valence-corrected chi connectivity index (χ1v) is 26.3. The molecule has 0 saturated carbocycles. The van der Waals surface area contributed by atoms with E-state index in [0.717, 1.165) is 5.69 Å². The largest absolute Gasteiger partial charge is 0.311 e. The fourth-order valence-corrected chi connectivity index (χ4v) is 11.8. The summed E-state index contributed by atoms with van der Waals surface area (Å²) in [6.45, 7) is 32.2. The highest BCUT2D eigenvalue weighted by Crippen LogP contribution is 2.50. The van der Waals surface area contributed by atoms with Crippen LogP contribution in [0.1, 0.15) is 119 Å². The van der Waals surface area contributed by atoms with E-state index >= 15 is 0 Å². The summed E-state index contributed by atoms with van der Waals surface area (Å²) < 4.78 is 2.66. The van der Waals surface area contributed by atoms with Gasteiger partial charge in [-0.15, -0.1) is 11.3 Å². The third-order valence-electron chi connectivity index (χ3n) is 14.7. The van der Waals surface area contributed by atoms with Crippen molar-refractivity contribution in [2.24, 2.45) is 0 Å². The first kappa shape index (κ1) is 47.3. The fourth-order valence-electron chi connectivity index (χ4n) is 10.7. The molecule has 11 rings (SSSR count). The van der Waals surface area contributed by atoms with Crippen molar-refractivity contribution in [1.82, 2.24) is 0 Å². The van der Waals surface area contributed by atoms with Gasteiger partial charge in [0.25, 0.3) is 6.71 Å². The number of hydrogen-bond acceptors (Lipinski definition) is 3. The van der Waals surface area contributed by atoms with Gasteiger partial charge in [0.05, 0.1) is 5.69 Å². The van der Waals surface area contributed by atoms with Gasteiger partial charge >= 0.3 is 0 Å². The standard InChI is InChI=1S/C64H63BN2S.C2H6/c1-61(2,3)43-25-31-53(50(35-43)41-18-14-13-15-19-41)67-55-33-27-45(63(7,8)9)37-52(55)65-51-36-44(62(4,5)6)26-32-54(51)66(56-38-46(64(10,11)12)39-57(67)60(56)65)47-28-22-40(23-29-47)42-24-30-49-48-20-16-17-21-58(48)68-59(49)34-42;1-2/h13-39H,1-12H3;1-2H3. The van der Waals surface area contributed by atoms with E-state index in [1.807, 2.05) is 25.2 Å². The van der Waals surface area contributed by atoms with Gasteiger partial charge in [0.15, 0.2) is 0 Å². The Balaban J connectivity index is 0.00000280. The molecule has 2 nitrogen and oxygen atoms in total. The Bertz CT molecular complexity index is 3440. The molecule has 9 aromatic rings. The number of fused-ring (bicyclic) bond motifs is 7. The molecule has 0 radical (unpaired) electrons. The number of rotatable bonds is 4. The molecule has 0 fully saturated rings. The van der Waals surface area contributed by atoms with Crippen LogP contribution in [0.15, 0.2) is 164 Å². The third kappa shape index (κ3) is 8.16. The summed E-state index contributed by atoms with van der Waals surface area (Å²) in [6.07, 6.45) is 0. The van der Waals surface area contributed by atoms with Crippen molar-refractivity contribution in [3.8, 4) is 22.3 Å². The van der Waals surface area contributed by atoms with Gasteiger partial charge in [-0.1, -0.05) is 200 Å². The second kappa shape index (κ2) is 17.2. The van der Waals surface area contributed by atoms with Crippen molar-refractivity contribution < 1.29 is 0 Å². The lowest BCUT2D eigenvalue weighted by molar-refractivity contribution is 0.589. The number of hydrogen-bond donors (Lipinski definition) is 0. The van der Waals surface area contributed by atoms with Gasteiger partial charge in [0.1, 0.15) is 0 Å². The van der Waals surface area contributed by atoms with Gasteiger partial charge in [0, 0.05) is 54.2 Å². The van der Waals surface area contributed by atoms with Crippen LogP contribution in [0.2, 0.25) is 0 Å². The zero-order valence-corrected chi connectivity index (χ0v) is 44.8. The van der Waals surface area contributed by atoms with Crippen molar-refractivity contribution >= 4 is 88.7 Å². The molecule has 0 aliphatic carbocycles. The van der Waals surface area contributed by atoms with Gasteiger partial charge in [-0.05, 0) is 138 Å². The summed E-state index contributed by atoms with van der Waals surface area (Å²) in [5.74, 6) is 0. The summed E-state index contributed by atoms with van der Waals surface area (Å²) in [4.78, 5) is 5.22. The number of benzene rings is 8. The predicted octanol–water partition coefficient (Wildman–Crippen LogP) is 17.7. The maximum Gasteiger partial charge on any atom is 0.252 e. The van der Waals surface area contributed by atoms with Crippen molar-refractivity contribution in [2.75, 3.05) is 9.80 Å². The first-order chi connectivity index (χ1) is 33.2. The highest BCUT2D eigenvalue weighted by atomic mass is 32.1. The molecule has 4 heteroatoms. The molecule has 8 aromatic carbocycles. The summed E-state index contributed by atoms with van der Waals surface area (Å²) >= 11 is 1.88. The molecular formula is C66H69BN2S. The maximum absolute atomic E-state index is 2.63. The molecule has 0 bridgehead atoms. The SMILES string of the molecule is CC.CC(C)(C)c1ccc2c(c1)B1c3cc(C(C)(C)C)ccc3N(c3ccc(C(C)(C)C)cc3-c3ccccc3)c3cc(C(C)(C)C)cc(c31)N2c1ccc(-c2ccc3c(c2)sc2ccccc23)cc1. The second-order valence-corrected chi connectivity index (χ2v) is 24.6. The van der Waals surface area contributed by atoms with Crippen LogP contribution < -0.4 is 26.2 Å². The average Bonchev–Trinajstić information content (AvgIpc) is 3.71. The Hall–Kier alpha value is -6.36. The van der Waals surface area contributed by atoms with Crippen LogP contribution >= 0.6 is 11.3 Å². The van der Waals surface area contributed by atoms with Crippen LogP contribution in [0.3, 0.4) is 0 Å². The van der Waals surface area contributed by atoms with Crippen LogP contribution in [-0.4, -0.2) is 6.71 Å². The minimum atomic E-state index is -0.126. The Kier molecular flexibility index (Phi) is 11.6. The smallest absolute Gasteiger partial charge is 0.252 e. The zero-order chi connectivity index (χ0) is 49.7. The number of thiophene rings is 1. The molecule has 0 saturated heterocycles. The molecule has 70 heavy (non-hydrogen) atoms. The molecule has 0 unspecified atom stereocenters. The van der Waals surface area contributed by atoms with E-state index in [2.05, 4.69) is 257 Å². The van der Waals surface area contributed by atoms with E-state index in [1.54, 1.807) is 0 Å². The Morgan fingerprint density at radius 1 is 0.357 bits per heavy atom. The summed E-state index contributed by atoms with van der Waals surface area (Å²) in [5, 5.41) is 2.66. The molecule has 2 aliphatic rings. The Morgan fingerprint density at radius 3 is 1.43 bits per heavy atom. The monoisotopic (exact) mass is 933 g/mol. The van der Waals surface area contributed by atoms with E-state index in [1.165, 1.54) is 110 Å². The number of anilines is 6. The van der Waals surface area contributed by atoms with Gasteiger partial charge < -0.3 is 9.80 Å². The molecule has 352 valence electrons. The molecule has 0 N–H and O–H groups in total. The van der Waals surface area contributed by atoms with Gasteiger partial charge in [-0.3, -0.25) is 0 Å². The van der Waals surface area contributed by atoms with E-state index in [4.69, 9.17) is 0 Å². The lowest BCUT2D eigenvalue weighted by atomic mass is 9.33. The van der Waals surface area contributed by atoms with E-state index in [9.17, 15) is 0 Å². The minimum absolute atomic E-state index is 0.0115. The van der Waals surface area contributed by atoms with Crippen LogP contribution in [0.4, 0.5) is 34.1 Å². The quantitative estimate of drug-likeness (QED) is 0.162. The van der Waals surface area contributed by atoms with Crippen molar-refractivity contribution in [3.05, 3.63) is 186 Å². The van der Waals surface area contributed by atoms with Crippen LogP contribution in [0, 0.1) is 0 Å². The molecule has 2 aliphatic heterocycles. The highest BCUT2D eigenvalue weighted by Gasteiger charge is 2.45. The third-order valence-corrected chi connectivity index (χ3v) is 15.8. The summed E-state index contributed by atoms with van der Waals surface area (Å²) in [6, 6.07) is 63.2. The Labute approximate surface area is 423 Å². The molecule has 0 amide bonds. The van der Waals surface area contributed by atoms with Crippen molar-refractivity contribution in [3.63, 3.8) is 0 Å². The molecule has 3 heterocycles. The topological polar surface area (TPSA) is 6.48 Å². The summed E-state index contributed by atoms with van der Waals surface area (Å²) in [5.41, 5.74) is 21.4. The van der Waals surface area contributed by atoms with E-state index < -0.39 is 0 Å². The van der Waals surface area contributed by atoms with E-state index in [0.29, 0.717) is 0 Å². The molecule has 0 spiro atoms. The average molecular weight is 933 g/mol. The van der Waals surface area contributed by atoms with Gasteiger partial charge in [0.2, 0.25) is 0 Å². The maximum atomic E-state index is 2.63. The van der Waals surface area contributed by atoms with Crippen LogP contribution in [0.25, 0.3) is 42.4 Å². The van der Waals surface area contributed by atoms with E-state index in [-0.39, 0.29) is 28.4 Å². The lowest BCUT2D eigenvalue weighted by Crippen LogP contribution is -2.62. The zero-order valence-electron chi connectivity index (χ0n) is 44.0. The predicted molar refractivity (Wildman–Crippen MR) is 310 cm³/mol. The van der Waals surface area contributed by atoms with Gasteiger partial charge in [-0.2, -0.15) is 0 Å². The first-order valence-electron chi connectivity index (χ1n) is 25.5. The second-order valence-electron chi connectivity index (χ2n) is 23.5. The van der Waals surface area contributed by atoms with Crippen molar-refractivity contribution in [2.45, 2.75) is 119 Å². The summed E-state index contributed by atoms with van der Waals surface area (Å²) in [7, 11) is 0. The minimum Gasteiger partial charge on any atom is -0.311 e.